The molecule has 1 aliphatic heterocycles. The Balaban J connectivity index is 2.37. The summed E-state index contributed by atoms with van der Waals surface area (Å²) >= 11 is 5.73. The van der Waals surface area contributed by atoms with E-state index < -0.39 is 0 Å². The first kappa shape index (κ1) is 20.0. The van der Waals surface area contributed by atoms with Crippen molar-refractivity contribution < 1.29 is 9.47 Å². The molecule has 0 saturated carbocycles. The first-order valence-electron chi connectivity index (χ1n) is 8.91. The molecule has 0 N–H and O–H groups in total. The number of alkyl halides is 1. The Labute approximate surface area is 160 Å². The second-order valence-corrected chi connectivity index (χ2v) is 9.35. The van der Waals surface area contributed by atoms with Crippen molar-refractivity contribution in [3.8, 4) is 11.5 Å². The predicted molar refractivity (Wildman–Crippen MR) is 109 cm³/mol. The van der Waals surface area contributed by atoms with Crippen LogP contribution in [0.5, 0.6) is 11.5 Å². The van der Waals surface area contributed by atoms with Crippen molar-refractivity contribution in [3.05, 3.63) is 23.3 Å². The third-order valence-electron chi connectivity index (χ3n) is 5.43. The lowest BCUT2D eigenvalue weighted by Gasteiger charge is -2.37. The van der Waals surface area contributed by atoms with Gasteiger partial charge >= 0.3 is 0 Å². The topological polar surface area (TPSA) is 18.5 Å². The molecule has 0 amide bonds. The van der Waals surface area contributed by atoms with E-state index in [0.717, 1.165) is 29.2 Å². The predicted octanol–water partition coefficient (Wildman–Crippen LogP) is 6.05. The number of methoxy groups -OCH3 is 2. The van der Waals surface area contributed by atoms with Gasteiger partial charge in [0.1, 0.15) is 0 Å². The number of benzene rings is 1. The Hall–Kier alpha value is -0.350. The first-order chi connectivity index (χ1) is 11.5. The van der Waals surface area contributed by atoms with E-state index in [4.69, 9.17) is 9.47 Å². The summed E-state index contributed by atoms with van der Waals surface area (Å²) in [5, 5.41) is 1.09. The summed E-state index contributed by atoms with van der Waals surface area (Å²) < 4.78 is 11.3. The lowest BCUT2D eigenvalue weighted by molar-refractivity contribution is 0.349. The zero-order chi connectivity index (χ0) is 17.7. The molecular weight excluding hydrogens is 384 g/mol. The Morgan fingerprint density at radius 2 is 1.83 bits per heavy atom. The maximum atomic E-state index is 5.59. The van der Waals surface area contributed by atoms with Crippen LogP contribution < -0.4 is 9.47 Å². The summed E-state index contributed by atoms with van der Waals surface area (Å²) in [5.74, 6) is 4.28. The van der Waals surface area contributed by atoms with E-state index in [1.807, 2.05) is 0 Å². The third-order valence-corrected chi connectivity index (χ3v) is 8.25. The van der Waals surface area contributed by atoms with Gasteiger partial charge in [0.05, 0.1) is 14.2 Å². The van der Waals surface area contributed by atoms with Crippen molar-refractivity contribution in [1.29, 1.82) is 0 Å². The van der Waals surface area contributed by atoms with Gasteiger partial charge in [-0.1, -0.05) is 29.8 Å². The van der Waals surface area contributed by atoms with Gasteiger partial charge in [-0.3, -0.25) is 0 Å². The summed E-state index contributed by atoms with van der Waals surface area (Å²) in [4.78, 5) is 0. The molecule has 3 unspecified atom stereocenters. The van der Waals surface area contributed by atoms with Gasteiger partial charge in [-0.2, -0.15) is 11.8 Å². The number of hydrogen-bond acceptors (Lipinski definition) is 3. The zero-order valence-electron chi connectivity index (χ0n) is 15.7. The van der Waals surface area contributed by atoms with Gasteiger partial charge < -0.3 is 9.47 Å². The lowest BCUT2D eigenvalue weighted by Crippen LogP contribution is -2.28. The number of thioether (sulfide) groups is 1. The van der Waals surface area contributed by atoms with Gasteiger partial charge in [-0.05, 0) is 73.5 Å². The van der Waals surface area contributed by atoms with E-state index in [9.17, 15) is 0 Å². The van der Waals surface area contributed by atoms with Crippen molar-refractivity contribution in [2.45, 2.75) is 51.2 Å². The Morgan fingerprint density at radius 1 is 1.17 bits per heavy atom. The van der Waals surface area contributed by atoms with Crippen LogP contribution in [0.3, 0.4) is 0 Å². The zero-order valence-corrected chi connectivity index (χ0v) is 18.1. The minimum absolute atomic E-state index is 0.136. The van der Waals surface area contributed by atoms with E-state index in [0.29, 0.717) is 5.92 Å². The molecule has 1 heterocycles. The molecule has 0 saturated heterocycles. The summed E-state index contributed by atoms with van der Waals surface area (Å²) in [6.07, 6.45) is 4.88. The summed E-state index contributed by atoms with van der Waals surface area (Å²) in [6, 6.07) is 4.43. The van der Waals surface area contributed by atoms with Crippen LogP contribution in [0.25, 0.3) is 0 Å². The average molecular weight is 415 g/mol. The highest BCUT2D eigenvalue weighted by Gasteiger charge is 2.37. The van der Waals surface area contributed by atoms with Gasteiger partial charge in [0.15, 0.2) is 11.5 Å². The largest absolute Gasteiger partial charge is 0.493 e. The molecule has 2 rings (SSSR count). The molecule has 1 aliphatic rings. The summed E-state index contributed by atoms with van der Waals surface area (Å²) in [6.45, 7) is 7.17. The highest BCUT2D eigenvalue weighted by atomic mass is 79.9. The van der Waals surface area contributed by atoms with Crippen LogP contribution in [0.2, 0.25) is 0 Å². The summed E-state index contributed by atoms with van der Waals surface area (Å²) in [7, 11) is 3.45. The van der Waals surface area contributed by atoms with Crippen LogP contribution >= 0.6 is 27.7 Å². The van der Waals surface area contributed by atoms with Gasteiger partial charge in [0, 0.05) is 10.1 Å². The van der Waals surface area contributed by atoms with Crippen molar-refractivity contribution in [3.63, 3.8) is 0 Å². The quantitative estimate of drug-likeness (QED) is 0.506. The molecule has 0 fully saturated rings. The molecule has 3 atom stereocenters. The monoisotopic (exact) mass is 414 g/mol. The number of aryl methyl sites for hydroxylation is 1. The van der Waals surface area contributed by atoms with Crippen LogP contribution in [0.1, 0.15) is 51.2 Å². The minimum atomic E-state index is 0.136. The number of ether oxygens (including phenoxy) is 2. The molecule has 136 valence electrons. The van der Waals surface area contributed by atoms with E-state index >= 15 is 0 Å². The second-order valence-electron chi connectivity index (χ2n) is 7.16. The van der Waals surface area contributed by atoms with E-state index in [-0.39, 0.29) is 4.75 Å². The van der Waals surface area contributed by atoms with Gasteiger partial charge in [-0.15, -0.1) is 0 Å². The maximum absolute atomic E-state index is 5.59. The molecular formula is C20H31BrO2S. The number of hydrogen-bond donors (Lipinski definition) is 0. The number of rotatable bonds is 7. The van der Waals surface area contributed by atoms with E-state index in [1.165, 1.54) is 36.1 Å². The second kappa shape index (κ2) is 8.84. The molecule has 0 radical (unpaired) electrons. The minimum Gasteiger partial charge on any atom is -0.493 e. The highest BCUT2D eigenvalue weighted by Crippen LogP contribution is 2.50. The molecule has 0 aliphatic carbocycles. The Kier molecular flexibility index (Phi) is 7.36. The Morgan fingerprint density at radius 3 is 2.46 bits per heavy atom. The average Bonchev–Trinajstić information content (AvgIpc) is 2.77. The molecule has 0 spiro atoms. The van der Waals surface area contributed by atoms with Crippen molar-refractivity contribution in [1.82, 2.24) is 0 Å². The fourth-order valence-electron chi connectivity index (χ4n) is 3.51. The van der Waals surface area contributed by atoms with Gasteiger partial charge in [0.2, 0.25) is 0 Å². The van der Waals surface area contributed by atoms with Crippen LogP contribution in [0, 0.1) is 11.8 Å². The molecule has 1 aromatic carbocycles. The van der Waals surface area contributed by atoms with Crippen LogP contribution in [-0.2, 0) is 11.2 Å². The van der Waals surface area contributed by atoms with E-state index in [2.05, 4.69) is 60.6 Å². The van der Waals surface area contributed by atoms with Crippen LogP contribution in [0.15, 0.2) is 12.1 Å². The van der Waals surface area contributed by atoms with Gasteiger partial charge in [0.25, 0.3) is 0 Å². The maximum Gasteiger partial charge on any atom is 0.161 e. The number of halogens is 1. The lowest BCUT2D eigenvalue weighted by atomic mass is 9.81. The SMILES string of the molecule is COc1cc2c(cc1OC)C(C)(C(C)CCC(C)CBr)SCCC2. The third kappa shape index (κ3) is 4.24. The van der Waals surface area contributed by atoms with Crippen molar-refractivity contribution in [2.24, 2.45) is 11.8 Å². The fourth-order valence-corrected chi connectivity index (χ4v) is 5.29. The molecule has 1 aromatic rings. The molecule has 24 heavy (non-hydrogen) atoms. The molecule has 2 nitrogen and oxygen atoms in total. The van der Waals surface area contributed by atoms with Crippen LogP contribution in [0.4, 0.5) is 0 Å². The van der Waals surface area contributed by atoms with Crippen LogP contribution in [-0.4, -0.2) is 25.3 Å². The molecule has 4 heteroatoms. The number of fused-ring (bicyclic) bond motifs is 1. The van der Waals surface area contributed by atoms with Crippen molar-refractivity contribution in [2.75, 3.05) is 25.3 Å². The van der Waals surface area contributed by atoms with Crippen molar-refractivity contribution >= 4 is 27.7 Å². The highest BCUT2D eigenvalue weighted by molar-refractivity contribution is 9.09. The van der Waals surface area contributed by atoms with E-state index in [1.54, 1.807) is 14.2 Å². The summed E-state index contributed by atoms with van der Waals surface area (Å²) in [5.41, 5.74) is 2.88. The smallest absolute Gasteiger partial charge is 0.161 e. The van der Waals surface area contributed by atoms with Gasteiger partial charge in [-0.25, -0.2) is 0 Å². The molecule has 0 aromatic heterocycles. The normalized spacial score (nSPS) is 23.1. The first-order valence-corrected chi connectivity index (χ1v) is 11.0. The standard InChI is InChI=1S/C20H31BrO2S/c1-14(13-21)8-9-15(2)20(3)17-12-19(23-5)18(22-4)11-16(17)7-6-10-24-20/h11-12,14-15H,6-10,13H2,1-5H3. The fraction of sp³-hybridized carbons (Fsp3) is 0.700. The Bertz CT molecular complexity index is 549. The molecule has 0 bridgehead atoms.